The van der Waals surface area contributed by atoms with Crippen LogP contribution in [-0.2, 0) is 9.59 Å². The van der Waals surface area contributed by atoms with Crippen molar-refractivity contribution in [1.29, 1.82) is 0 Å². The molecule has 0 amide bonds. The first kappa shape index (κ1) is 28.1. The summed E-state index contributed by atoms with van der Waals surface area (Å²) < 4.78 is 0. The van der Waals surface area contributed by atoms with E-state index in [4.69, 9.17) is 0 Å². The van der Waals surface area contributed by atoms with E-state index in [1.165, 1.54) is 0 Å². The molecule has 1 atom stereocenters. The third-order valence-electron chi connectivity index (χ3n) is 4.82. The van der Waals surface area contributed by atoms with Crippen LogP contribution in [0.25, 0.3) is 0 Å². The van der Waals surface area contributed by atoms with Crippen LogP contribution in [0.2, 0.25) is 0 Å². The Balaban J connectivity index is 0.00000729. The SMILES string of the molecule is CC([O-])CN1CCN(CC(=O)[O-])CCN(C(C)C)CCN(CC(=O)[O-])CC1.[Gd+3]. The first-order chi connectivity index (χ1) is 12.7. The zero-order valence-electron chi connectivity index (χ0n) is 17.1. The Morgan fingerprint density at radius 1 is 0.750 bits per heavy atom. The predicted octanol–water partition coefficient (Wildman–Crippen LogP) is -4.13. The maximum Gasteiger partial charge on any atom is 3.00 e. The number of carboxylic acids is 2. The normalized spacial score (nSPS) is 20.8. The van der Waals surface area contributed by atoms with Gasteiger partial charge in [0.05, 0.1) is 11.9 Å². The van der Waals surface area contributed by atoms with Gasteiger partial charge in [0.1, 0.15) is 0 Å². The Labute approximate surface area is 200 Å². The van der Waals surface area contributed by atoms with Gasteiger partial charge in [-0.15, -0.1) is 6.10 Å². The fourth-order valence-corrected chi connectivity index (χ4v) is 3.30. The minimum absolute atomic E-state index is 0. The maximum absolute atomic E-state index is 11.6. The molecule has 28 heavy (non-hydrogen) atoms. The average molecular weight is 543 g/mol. The summed E-state index contributed by atoms with van der Waals surface area (Å²) >= 11 is 0. The summed E-state index contributed by atoms with van der Waals surface area (Å²) in [5, 5.41) is 33.8. The van der Waals surface area contributed by atoms with Crippen LogP contribution >= 0.6 is 0 Å². The van der Waals surface area contributed by atoms with Gasteiger partial charge < -0.3 is 29.8 Å². The van der Waals surface area contributed by atoms with E-state index in [1.54, 1.807) is 6.92 Å². The van der Waals surface area contributed by atoms with Gasteiger partial charge in [-0.2, -0.15) is 0 Å². The number of nitrogens with zero attached hydrogens (tertiary/aromatic N) is 4. The van der Waals surface area contributed by atoms with E-state index < -0.39 is 18.0 Å². The molecule has 1 fully saturated rings. The molecule has 0 aromatic heterocycles. The third kappa shape index (κ3) is 12.6. The summed E-state index contributed by atoms with van der Waals surface area (Å²) in [7, 11) is 0. The summed E-state index contributed by atoms with van der Waals surface area (Å²) in [5.41, 5.74) is 0. The van der Waals surface area contributed by atoms with Crippen molar-refractivity contribution >= 4 is 11.9 Å². The molecule has 1 unspecified atom stereocenters. The van der Waals surface area contributed by atoms with Crippen LogP contribution < -0.4 is 15.3 Å². The smallest absolute Gasteiger partial charge is 0.851 e. The summed E-state index contributed by atoms with van der Waals surface area (Å²) in [6.07, 6.45) is -0.765. The summed E-state index contributed by atoms with van der Waals surface area (Å²) in [6.45, 7) is 10.5. The second kappa shape index (κ2) is 15.0. The molecule has 1 aliphatic heterocycles. The number of carboxylic acid groups (broad SMARTS) is 2. The van der Waals surface area contributed by atoms with Crippen LogP contribution in [0.4, 0.5) is 0 Å². The third-order valence-corrected chi connectivity index (χ3v) is 4.82. The first-order valence-corrected chi connectivity index (χ1v) is 9.64. The summed E-state index contributed by atoms with van der Waals surface area (Å²) in [5.74, 6) is -2.22. The first-order valence-electron chi connectivity index (χ1n) is 9.64. The van der Waals surface area contributed by atoms with Crippen LogP contribution in [0, 0.1) is 39.9 Å². The monoisotopic (exact) mass is 543 g/mol. The van der Waals surface area contributed by atoms with Gasteiger partial charge in [0.2, 0.25) is 0 Å². The maximum atomic E-state index is 11.6. The molecular formula is C18H33GdN4O5. The van der Waals surface area contributed by atoms with Gasteiger partial charge in [-0.1, -0.05) is 6.92 Å². The standard InChI is InChI=1S/C18H35N4O5.Gd/c1-15(2)22-10-8-20(13-17(24)25)6-4-19(12-16(3)23)5-7-21(9-11-22)14-18(26)27;/h15-16H,4-14H2,1-3H3,(H,24,25)(H,26,27);/q-1;+3/p-2. The van der Waals surface area contributed by atoms with E-state index >= 15 is 0 Å². The van der Waals surface area contributed by atoms with Crippen LogP contribution in [0.15, 0.2) is 0 Å². The Morgan fingerprint density at radius 2 is 1.11 bits per heavy atom. The second-order valence-electron chi connectivity index (χ2n) is 7.54. The van der Waals surface area contributed by atoms with Crippen LogP contribution in [0.5, 0.6) is 0 Å². The van der Waals surface area contributed by atoms with Crippen molar-refractivity contribution in [3.63, 3.8) is 0 Å². The van der Waals surface area contributed by atoms with E-state index in [2.05, 4.69) is 18.7 Å². The number of hydrogen-bond acceptors (Lipinski definition) is 9. The zero-order valence-corrected chi connectivity index (χ0v) is 19.4. The molecule has 0 bridgehead atoms. The van der Waals surface area contributed by atoms with Gasteiger partial charge in [-0.3, -0.25) is 14.7 Å². The molecular weight excluding hydrogens is 509 g/mol. The molecule has 0 spiro atoms. The number of aliphatic carboxylic acids is 2. The van der Waals surface area contributed by atoms with Gasteiger partial charge in [-0.25, -0.2) is 0 Å². The molecule has 1 rings (SSSR count). The van der Waals surface area contributed by atoms with Gasteiger partial charge in [0, 0.05) is 71.5 Å². The van der Waals surface area contributed by atoms with Crippen LogP contribution in [0.3, 0.4) is 0 Å². The fraction of sp³-hybridized carbons (Fsp3) is 0.889. The predicted molar refractivity (Wildman–Crippen MR) is 95.5 cm³/mol. The van der Waals surface area contributed by atoms with Crippen LogP contribution in [0.1, 0.15) is 20.8 Å². The van der Waals surface area contributed by atoms with E-state index in [9.17, 15) is 24.9 Å². The van der Waals surface area contributed by atoms with E-state index in [0.29, 0.717) is 58.9 Å². The average Bonchev–Trinajstić information content (AvgIpc) is 2.53. The van der Waals surface area contributed by atoms with Crippen molar-refractivity contribution in [2.45, 2.75) is 32.9 Å². The number of carbonyl (C=O) groups is 2. The van der Waals surface area contributed by atoms with Crippen molar-refractivity contribution in [2.24, 2.45) is 0 Å². The van der Waals surface area contributed by atoms with Crippen molar-refractivity contribution in [1.82, 2.24) is 19.6 Å². The Bertz CT molecular complexity index is 435. The van der Waals surface area contributed by atoms with Crippen molar-refractivity contribution in [2.75, 3.05) is 72.0 Å². The van der Waals surface area contributed by atoms with Crippen molar-refractivity contribution in [3.8, 4) is 0 Å². The minimum atomic E-state index is -1.11. The molecule has 163 valence electrons. The molecule has 0 aliphatic carbocycles. The molecule has 0 aromatic rings. The largest absolute Gasteiger partial charge is 3.00 e. The topological polar surface area (TPSA) is 116 Å². The van der Waals surface area contributed by atoms with Gasteiger partial charge in [0.25, 0.3) is 0 Å². The molecule has 0 N–H and O–H groups in total. The second-order valence-corrected chi connectivity index (χ2v) is 7.54. The summed E-state index contributed by atoms with van der Waals surface area (Å²) in [6, 6.07) is 0.264. The van der Waals surface area contributed by atoms with E-state index in [-0.39, 0.29) is 59.1 Å². The van der Waals surface area contributed by atoms with Crippen molar-refractivity contribution in [3.05, 3.63) is 0 Å². The molecule has 1 aliphatic rings. The Hall–Kier alpha value is 0.0647. The number of carbonyl (C=O) groups excluding carboxylic acids is 2. The van der Waals surface area contributed by atoms with E-state index in [1.807, 2.05) is 14.7 Å². The number of hydrogen-bond donors (Lipinski definition) is 0. The quantitative estimate of drug-likeness (QED) is 0.316. The molecule has 1 radical (unpaired) electrons. The molecule has 0 saturated carbocycles. The number of rotatable bonds is 7. The molecule has 0 aromatic carbocycles. The fourth-order valence-electron chi connectivity index (χ4n) is 3.30. The van der Waals surface area contributed by atoms with Gasteiger partial charge >= 0.3 is 39.9 Å². The van der Waals surface area contributed by atoms with Gasteiger partial charge in [0.15, 0.2) is 0 Å². The molecule has 1 saturated heterocycles. The minimum Gasteiger partial charge on any atom is -0.851 e. The van der Waals surface area contributed by atoms with Gasteiger partial charge in [-0.05, 0) is 20.4 Å². The molecule has 10 heteroatoms. The van der Waals surface area contributed by atoms with E-state index in [0.717, 1.165) is 0 Å². The Kier molecular flexibility index (Phi) is 15.0. The van der Waals surface area contributed by atoms with Crippen molar-refractivity contribution < 1.29 is 64.8 Å². The summed E-state index contributed by atoms with van der Waals surface area (Å²) in [4.78, 5) is 30.0. The molecule has 9 nitrogen and oxygen atoms in total. The van der Waals surface area contributed by atoms with Crippen LogP contribution in [-0.4, -0.2) is 116 Å². The zero-order chi connectivity index (χ0) is 20.4. The Morgan fingerprint density at radius 3 is 1.43 bits per heavy atom. The molecule has 1 heterocycles.